The number of nitrogens with one attached hydrogen (secondary N) is 1. The summed E-state index contributed by atoms with van der Waals surface area (Å²) in [7, 11) is 0. The molecule has 0 saturated heterocycles. The van der Waals surface area contributed by atoms with E-state index in [0.717, 1.165) is 25.3 Å². The first-order chi connectivity index (χ1) is 8.08. The van der Waals surface area contributed by atoms with E-state index in [0.29, 0.717) is 12.0 Å². The summed E-state index contributed by atoms with van der Waals surface area (Å²) in [6.07, 6.45) is 1.07. The molecule has 0 aliphatic carbocycles. The predicted molar refractivity (Wildman–Crippen MR) is 71.6 cm³/mol. The maximum atomic E-state index is 5.81. The van der Waals surface area contributed by atoms with E-state index in [-0.39, 0.29) is 0 Å². The smallest absolute Gasteiger partial charge is 0.126 e. The molecule has 1 heterocycles. The van der Waals surface area contributed by atoms with Gasteiger partial charge in [0.1, 0.15) is 5.75 Å². The lowest BCUT2D eigenvalue weighted by Gasteiger charge is -2.29. The molecule has 0 aromatic heterocycles. The number of fused-ring (bicyclic) bond motifs is 1. The minimum absolute atomic E-state index is 0.458. The molecule has 0 fully saturated rings. The molecule has 1 atom stereocenters. The molecule has 17 heavy (non-hydrogen) atoms. The van der Waals surface area contributed by atoms with E-state index in [1.165, 1.54) is 16.7 Å². The van der Waals surface area contributed by atoms with Crippen LogP contribution in [0.4, 0.5) is 0 Å². The summed E-state index contributed by atoms with van der Waals surface area (Å²) in [5.74, 6) is 1.79. The summed E-state index contributed by atoms with van der Waals surface area (Å²) in [4.78, 5) is 0. The summed E-state index contributed by atoms with van der Waals surface area (Å²) < 4.78 is 5.81. The van der Waals surface area contributed by atoms with Gasteiger partial charge in [-0.15, -0.1) is 0 Å². The summed E-state index contributed by atoms with van der Waals surface area (Å²) in [6, 6.07) is 4.92. The predicted octanol–water partition coefficient (Wildman–Crippen LogP) is 3.37. The number of aryl methyl sites for hydroxylation is 2. The van der Waals surface area contributed by atoms with Gasteiger partial charge in [0.25, 0.3) is 0 Å². The summed E-state index contributed by atoms with van der Waals surface area (Å²) in [6.45, 7) is 10.7. The van der Waals surface area contributed by atoms with E-state index in [1.807, 2.05) is 0 Å². The van der Waals surface area contributed by atoms with Gasteiger partial charge in [-0.3, -0.25) is 0 Å². The molecule has 1 aromatic carbocycles. The highest BCUT2D eigenvalue weighted by Crippen LogP contribution is 2.35. The number of hydrogen-bond acceptors (Lipinski definition) is 2. The zero-order valence-corrected chi connectivity index (χ0v) is 11.3. The second-order valence-corrected chi connectivity index (χ2v) is 5.49. The monoisotopic (exact) mass is 233 g/mol. The van der Waals surface area contributed by atoms with Crippen molar-refractivity contribution in [1.29, 1.82) is 0 Å². The van der Waals surface area contributed by atoms with Gasteiger partial charge in [-0.2, -0.15) is 0 Å². The third-order valence-electron chi connectivity index (χ3n) is 3.25. The number of hydrogen-bond donors (Lipinski definition) is 1. The number of ether oxygens (including phenoxy) is 1. The van der Waals surface area contributed by atoms with Crippen molar-refractivity contribution in [3.8, 4) is 5.75 Å². The van der Waals surface area contributed by atoms with Crippen molar-refractivity contribution in [3.05, 3.63) is 28.8 Å². The van der Waals surface area contributed by atoms with Crippen molar-refractivity contribution in [2.75, 3.05) is 13.2 Å². The molecule has 94 valence electrons. The highest BCUT2D eigenvalue weighted by Gasteiger charge is 2.22. The molecule has 1 aromatic rings. The van der Waals surface area contributed by atoms with Crippen molar-refractivity contribution in [2.24, 2.45) is 5.92 Å². The Morgan fingerprint density at radius 2 is 2.12 bits per heavy atom. The maximum Gasteiger partial charge on any atom is 0.126 e. The van der Waals surface area contributed by atoms with Gasteiger partial charge in [0, 0.05) is 18.0 Å². The van der Waals surface area contributed by atoms with Gasteiger partial charge in [0.15, 0.2) is 0 Å². The Kier molecular flexibility index (Phi) is 3.72. The highest BCUT2D eigenvalue weighted by molar-refractivity contribution is 5.46. The number of benzene rings is 1. The van der Waals surface area contributed by atoms with E-state index in [4.69, 9.17) is 4.74 Å². The van der Waals surface area contributed by atoms with Crippen molar-refractivity contribution in [2.45, 2.75) is 40.2 Å². The molecule has 0 radical (unpaired) electrons. The van der Waals surface area contributed by atoms with Crippen molar-refractivity contribution >= 4 is 0 Å². The van der Waals surface area contributed by atoms with Gasteiger partial charge in [-0.25, -0.2) is 0 Å². The molecule has 0 amide bonds. The van der Waals surface area contributed by atoms with Crippen LogP contribution in [0.1, 0.15) is 43.0 Å². The summed E-state index contributed by atoms with van der Waals surface area (Å²) >= 11 is 0. The van der Waals surface area contributed by atoms with Crippen LogP contribution >= 0.6 is 0 Å². The highest BCUT2D eigenvalue weighted by atomic mass is 16.5. The van der Waals surface area contributed by atoms with Crippen LogP contribution in [0.5, 0.6) is 5.75 Å². The largest absolute Gasteiger partial charge is 0.493 e. The van der Waals surface area contributed by atoms with Crippen molar-refractivity contribution < 1.29 is 4.74 Å². The van der Waals surface area contributed by atoms with E-state index >= 15 is 0 Å². The topological polar surface area (TPSA) is 21.3 Å². The fraction of sp³-hybridized carbons (Fsp3) is 0.600. The van der Waals surface area contributed by atoms with Crippen molar-refractivity contribution in [3.63, 3.8) is 0 Å². The molecule has 1 unspecified atom stereocenters. The Bertz CT molecular complexity index is 398. The van der Waals surface area contributed by atoms with Crippen LogP contribution in [-0.4, -0.2) is 13.2 Å². The average Bonchev–Trinajstić information content (AvgIpc) is 2.26. The molecule has 2 rings (SSSR count). The molecule has 0 saturated carbocycles. The van der Waals surface area contributed by atoms with E-state index in [2.05, 4.69) is 45.1 Å². The van der Waals surface area contributed by atoms with Crippen molar-refractivity contribution in [1.82, 2.24) is 5.32 Å². The Balaban J connectivity index is 2.24. The van der Waals surface area contributed by atoms with Gasteiger partial charge in [-0.05, 0) is 31.9 Å². The second kappa shape index (κ2) is 5.09. The molecule has 1 aliphatic rings. The Hall–Kier alpha value is -1.02. The molecule has 2 nitrogen and oxygen atoms in total. The lowest BCUT2D eigenvalue weighted by atomic mass is 9.95. The molecule has 0 bridgehead atoms. The third kappa shape index (κ3) is 2.81. The minimum Gasteiger partial charge on any atom is -0.493 e. The zero-order chi connectivity index (χ0) is 12.4. The molecule has 2 heteroatoms. The van der Waals surface area contributed by atoms with E-state index < -0.39 is 0 Å². The number of rotatable bonds is 3. The maximum absolute atomic E-state index is 5.81. The molecular weight excluding hydrogens is 210 g/mol. The van der Waals surface area contributed by atoms with Crippen LogP contribution < -0.4 is 10.1 Å². The second-order valence-electron chi connectivity index (χ2n) is 5.49. The lowest BCUT2D eigenvalue weighted by molar-refractivity contribution is 0.248. The van der Waals surface area contributed by atoms with E-state index in [1.54, 1.807) is 0 Å². The zero-order valence-electron chi connectivity index (χ0n) is 11.3. The molecule has 1 N–H and O–H groups in total. The summed E-state index contributed by atoms with van der Waals surface area (Å²) in [5, 5.41) is 3.65. The first-order valence-corrected chi connectivity index (χ1v) is 6.55. The van der Waals surface area contributed by atoms with Gasteiger partial charge >= 0.3 is 0 Å². The third-order valence-corrected chi connectivity index (χ3v) is 3.25. The van der Waals surface area contributed by atoms with Gasteiger partial charge < -0.3 is 10.1 Å². The lowest BCUT2D eigenvalue weighted by Crippen LogP contribution is -2.30. The van der Waals surface area contributed by atoms with Gasteiger partial charge in [-0.1, -0.05) is 31.5 Å². The Morgan fingerprint density at radius 1 is 1.35 bits per heavy atom. The standard InChI is InChI=1S/C15H23NO/c1-10(2)9-16-14-5-6-17-15-12(4)7-11(3)8-13(14)15/h7-8,10,14,16H,5-6,9H2,1-4H3. The minimum atomic E-state index is 0.458. The first-order valence-electron chi connectivity index (χ1n) is 6.55. The van der Waals surface area contributed by atoms with Crippen LogP contribution in [0.3, 0.4) is 0 Å². The quantitative estimate of drug-likeness (QED) is 0.864. The van der Waals surface area contributed by atoms with Crippen LogP contribution in [0.25, 0.3) is 0 Å². The average molecular weight is 233 g/mol. The Morgan fingerprint density at radius 3 is 2.82 bits per heavy atom. The molecule has 1 aliphatic heterocycles. The fourth-order valence-corrected chi connectivity index (χ4v) is 2.47. The van der Waals surface area contributed by atoms with Crippen LogP contribution in [0.15, 0.2) is 12.1 Å². The molecular formula is C15H23NO. The molecule has 0 spiro atoms. The van der Waals surface area contributed by atoms with Crippen LogP contribution in [0.2, 0.25) is 0 Å². The SMILES string of the molecule is Cc1cc(C)c2c(c1)C(NCC(C)C)CCO2. The van der Waals surface area contributed by atoms with Crippen LogP contribution in [-0.2, 0) is 0 Å². The van der Waals surface area contributed by atoms with E-state index in [9.17, 15) is 0 Å². The van der Waals surface area contributed by atoms with Gasteiger partial charge in [0.2, 0.25) is 0 Å². The normalized spacial score (nSPS) is 19.0. The van der Waals surface area contributed by atoms with Gasteiger partial charge in [0.05, 0.1) is 6.61 Å². The van der Waals surface area contributed by atoms with Crippen LogP contribution in [0, 0.1) is 19.8 Å². The Labute approximate surface area is 104 Å². The summed E-state index contributed by atoms with van der Waals surface area (Å²) in [5.41, 5.74) is 3.92. The first kappa shape index (κ1) is 12.4. The fourth-order valence-electron chi connectivity index (χ4n) is 2.47.